The van der Waals surface area contributed by atoms with Gasteiger partial charge in [0.25, 0.3) is 0 Å². The molecule has 0 radical (unpaired) electrons. The zero-order chi connectivity index (χ0) is 53.3. The lowest BCUT2D eigenvalue weighted by atomic mass is 10.2. The second-order valence-electron chi connectivity index (χ2n) is 17.9. The molecule has 5 rings (SSSR count). The molecule has 0 aliphatic heterocycles. The second-order valence-corrected chi connectivity index (χ2v) is 24.2. The van der Waals surface area contributed by atoms with Crippen molar-refractivity contribution in [1.82, 2.24) is 9.80 Å². The van der Waals surface area contributed by atoms with Gasteiger partial charge in [0, 0.05) is 19.3 Å². The highest BCUT2D eigenvalue weighted by Crippen LogP contribution is 2.59. The van der Waals surface area contributed by atoms with Gasteiger partial charge in [-0.2, -0.15) is 0 Å². The van der Waals surface area contributed by atoms with Gasteiger partial charge >= 0.3 is 24.1 Å². The minimum atomic E-state index is -2.19. The fourth-order valence-corrected chi connectivity index (χ4v) is 12.1. The molecule has 0 aromatic heterocycles. The molecule has 13 nitrogen and oxygen atoms in total. The summed E-state index contributed by atoms with van der Waals surface area (Å²) in [6, 6.07) is 46.3. The molecule has 17 heteroatoms. The summed E-state index contributed by atoms with van der Waals surface area (Å²) in [6.07, 6.45) is 1.34. The van der Waals surface area contributed by atoms with Crippen molar-refractivity contribution in [1.29, 1.82) is 0 Å². The largest absolute Gasteiger partial charge is 1.00 e. The van der Waals surface area contributed by atoms with Crippen molar-refractivity contribution in [2.45, 2.75) is 79.7 Å². The Bertz CT molecular complexity index is 2380. The van der Waals surface area contributed by atoms with Gasteiger partial charge in [-0.1, -0.05) is 68.1 Å². The number of benzene rings is 5. The van der Waals surface area contributed by atoms with E-state index in [1.54, 1.807) is 54.5 Å². The molecular formula is C57H72BrI2N2O11P. The van der Waals surface area contributed by atoms with Crippen molar-refractivity contribution in [3.8, 4) is 11.5 Å². The Balaban J connectivity index is 0.000000551. The number of methoxy groups -OCH3 is 2. The standard InChI is InChI=1S/C22H22O2P.C19H26INO5.C15H20INO4.CH4.BrH/c1-18(22(23)24-2)25(19-12-6-3-7-13-19,20-14-8-4-9-15-20)21-16-10-5-11-17-21;1-14(17(22)24-5)10-11-21(18(23)26-19(2,3)4)12-13-25-16-8-6-15(20)7-9-16;1-15(2,3)21-14(19)17(8-10-18)9-11-20-13-6-4-12(16)5-7-13;;/h3-18H,1-2H3;6-10H,11-13H2,1-5H3;4-7,10H,8-9,11H2,1-3H3;1H4;1H/q+1;;;;/p-1/b;14-10+;;;. The summed E-state index contributed by atoms with van der Waals surface area (Å²) in [7, 11) is 0.595. The zero-order valence-electron chi connectivity index (χ0n) is 43.2. The molecule has 5 aromatic carbocycles. The van der Waals surface area contributed by atoms with Crippen LogP contribution in [0.1, 0.15) is 62.8 Å². The molecule has 0 aliphatic rings. The molecule has 1 unspecified atom stereocenters. The maximum Gasteiger partial charge on any atom is 0.410 e. The number of amides is 2. The van der Waals surface area contributed by atoms with E-state index < -0.39 is 36.6 Å². The van der Waals surface area contributed by atoms with E-state index in [2.05, 4.69) is 86.3 Å². The fourth-order valence-electron chi connectivity index (χ4n) is 6.79. The van der Waals surface area contributed by atoms with Crippen LogP contribution in [0.4, 0.5) is 9.59 Å². The third kappa shape index (κ3) is 22.8. The van der Waals surface area contributed by atoms with E-state index in [9.17, 15) is 24.0 Å². The Hall–Kier alpha value is -5.04. The Morgan fingerprint density at radius 1 is 0.581 bits per heavy atom. The predicted molar refractivity (Wildman–Crippen MR) is 310 cm³/mol. The fraction of sp³-hybridized carbons (Fsp3) is 0.351. The van der Waals surface area contributed by atoms with Crippen LogP contribution >= 0.6 is 52.4 Å². The average Bonchev–Trinajstić information content (AvgIpc) is 3.35. The summed E-state index contributed by atoms with van der Waals surface area (Å²) in [4.78, 5) is 62.0. The smallest absolute Gasteiger partial charge is 0.410 e. The van der Waals surface area contributed by atoms with Gasteiger partial charge in [0.05, 0.1) is 33.9 Å². The molecule has 0 aliphatic carbocycles. The van der Waals surface area contributed by atoms with E-state index in [-0.39, 0.29) is 49.1 Å². The van der Waals surface area contributed by atoms with Crippen LogP contribution in [0.25, 0.3) is 0 Å². The molecule has 0 saturated carbocycles. The van der Waals surface area contributed by atoms with Crippen LogP contribution in [0.3, 0.4) is 0 Å². The molecule has 0 spiro atoms. The lowest BCUT2D eigenvalue weighted by Crippen LogP contribution is -3.00. The highest BCUT2D eigenvalue weighted by molar-refractivity contribution is 14.1. The summed E-state index contributed by atoms with van der Waals surface area (Å²) in [5, 5.41) is 3.56. The topological polar surface area (TPSA) is 147 Å². The predicted octanol–water partition coefficient (Wildman–Crippen LogP) is 8.31. The molecule has 2 amide bonds. The first-order chi connectivity index (χ1) is 34.1. The number of carbonyl (C=O) groups is 5. The van der Waals surface area contributed by atoms with E-state index in [4.69, 9.17) is 23.7 Å². The van der Waals surface area contributed by atoms with Gasteiger partial charge in [-0.15, -0.1) is 0 Å². The zero-order valence-corrected chi connectivity index (χ0v) is 50.0. The molecule has 0 N–H and O–H groups in total. The highest BCUT2D eigenvalue weighted by Gasteiger charge is 2.54. The molecule has 0 heterocycles. The molecule has 0 saturated heterocycles. The number of aldehydes is 1. The maximum absolute atomic E-state index is 12.7. The number of esters is 2. The first-order valence-corrected chi connectivity index (χ1v) is 27.2. The van der Waals surface area contributed by atoms with Gasteiger partial charge in [-0.25, -0.2) is 19.2 Å². The van der Waals surface area contributed by atoms with Crippen molar-refractivity contribution in [3.63, 3.8) is 0 Å². The third-order valence-electron chi connectivity index (χ3n) is 10.2. The van der Waals surface area contributed by atoms with Gasteiger partial charge < -0.3 is 55.1 Å². The van der Waals surface area contributed by atoms with Crippen molar-refractivity contribution >= 4 is 98.8 Å². The van der Waals surface area contributed by atoms with Gasteiger partial charge in [0.2, 0.25) is 0 Å². The Morgan fingerprint density at radius 3 is 1.24 bits per heavy atom. The molecular weight excluding hydrogens is 1250 g/mol. The van der Waals surface area contributed by atoms with Crippen molar-refractivity contribution in [2.24, 2.45) is 0 Å². The summed E-state index contributed by atoms with van der Waals surface area (Å²) < 4.78 is 34.0. The molecule has 74 heavy (non-hydrogen) atoms. The van der Waals surface area contributed by atoms with E-state index in [1.165, 1.54) is 39.9 Å². The summed E-state index contributed by atoms with van der Waals surface area (Å²) >= 11 is 4.43. The minimum Gasteiger partial charge on any atom is -1.00 e. The van der Waals surface area contributed by atoms with Gasteiger partial charge in [0.15, 0.2) is 5.66 Å². The van der Waals surface area contributed by atoms with E-state index in [0.29, 0.717) is 38.2 Å². The third-order valence-corrected chi connectivity index (χ3v) is 16.4. The van der Waals surface area contributed by atoms with E-state index in [1.807, 2.05) is 110 Å². The number of carbonyl (C=O) groups excluding carboxylic acids is 5. The highest BCUT2D eigenvalue weighted by atomic mass is 127. The number of hydrogen-bond donors (Lipinski definition) is 0. The van der Waals surface area contributed by atoms with Crippen LogP contribution in [0.2, 0.25) is 0 Å². The van der Waals surface area contributed by atoms with Crippen LogP contribution < -0.4 is 42.4 Å². The van der Waals surface area contributed by atoms with Crippen molar-refractivity contribution in [2.75, 3.05) is 53.6 Å². The SMILES string of the molecule is C.CC(C)(C)OC(=O)N(CC=O)CCOc1ccc(I)cc1.COC(=O)/C(C)=C/CN(CCOc1ccc(I)cc1)C(=O)OC(C)(C)C.COC(=O)C(C)[P+](c1ccccc1)(c1ccccc1)c1ccccc1.[Br-]. The van der Waals surface area contributed by atoms with Gasteiger partial charge in [0.1, 0.15) is 65.4 Å². The monoisotopic (exact) mass is 1320 g/mol. The quantitative estimate of drug-likeness (QED) is 0.0209. The minimum absolute atomic E-state index is 0. The first kappa shape index (κ1) is 67.0. The van der Waals surface area contributed by atoms with Crippen LogP contribution in [0.5, 0.6) is 11.5 Å². The van der Waals surface area contributed by atoms with Crippen LogP contribution in [-0.4, -0.2) is 111 Å². The molecule has 5 aromatic rings. The molecule has 0 bridgehead atoms. The van der Waals surface area contributed by atoms with Crippen LogP contribution in [0.15, 0.2) is 151 Å². The van der Waals surface area contributed by atoms with Crippen LogP contribution in [0, 0.1) is 7.14 Å². The van der Waals surface area contributed by atoms with E-state index in [0.717, 1.165) is 18.6 Å². The van der Waals surface area contributed by atoms with Crippen molar-refractivity contribution < 1.29 is 69.4 Å². The number of nitrogens with zero attached hydrogens (tertiary/aromatic N) is 2. The van der Waals surface area contributed by atoms with E-state index >= 15 is 0 Å². The van der Waals surface area contributed by atoms with Crippen LogP contribution in [-0.2, 0) is 33.3 Å². The Kier molecular flexibility index (Phi) is 30.6. The number of rotatable bonds is 18. The normalized spacial score (nSPS) is 11.4. The molecule has 402 valence electrons. The molecule has 1 atom stereocenters. The second kappa shape index (κ2) is 33.8. The Labute approximate surface area is 477 Å². The number of halogens is 3. The first-order valence-electron chi connectivity index (χ1n) is 23.2. The lowest BCUT2D eigenvalue weighted by Gasteiger charge is -2.31. The summed E-state index contributed by atoms with van der Waals surface area (Å²) in [6.45, 7) is 15.8. The Morgan fingerprint density at radius 2 is 0.932 bits per heavy atom. The van der Waals surface area contributed by atoms with Gasteiger partial charge in [-0.3, -0.25) is 4.90 Å². The number of hydrogen-bond acceptors (Lipinski definition) is 11. The lowest BCUT2D eigenvalue weighted by molar-refractivity contribution is -0.139. The molecule has 0 fully saturated rings. The number of ether oxygens (including phenoxy) is 6. The maximum atomic E-state index is 12.7. The average molecular weight is 1330 g/mol. The summed E-state index contributed by atoms with van der Waals surface area (Å²) in [5.41, 5.74) is -1.04. The van der Waals surface area contributed by atoms with Gasteiger partial charge in [-0.05, 0) is 186 Å². The summed E-state index contributed by atoms with van der Waals surface area (Å²) in [5.74, 6) is 0.857. The van der Waals surface area contributed by atoms with Crippen molar-refractivity contribution in [3.05, 3.63) is 158 Å².